The molecule has 0 aliphatic heterocycles. The summed E-state index contributed by atoms with van der Waals surface area (Å²) >= 11 is 1.56. The monoisotopic (exact) mass is 388 g/mol. The summed E-state index contributed by atoms with van der Waals surface area (Å²) in [6, 6.07) is 6.88. The van der Waals surface area contributed by atoms with E-state index in [1.165, 1.54) is 4.90 Å². The molecule has 0 atom stereocenters. The molecule has 1 N–H and O–H groups in total. The number of nitrogens with zero attached hydrogens (tertiary/aromatic N) is 2. The lowest BCUT2D eigenvalue weighted by atomic mass is 9.80. The number of aryl methyl sites for hydroxylation is 1. The summed E-state index contributed by atoms with van der Waals surface area (Å²) in [6.07, 6.45) is 3.63. The van der Waals surface area contributed by atoms with Gasteiger partial charge < -0.3 is 14.7 Å². The number of benzene rings is 1. The van der Waals surface area contributed by atoms with Crippen LogP contribution in [0.25, 0.3) is 0 Å². The van der Waals surface area contributed by atoms with Gasteiger partial charge in [0.1, 0.15) is 17.9 Å². The lowest BCUT2D eigenvalue weighted by Gasteiger charge is -2.41. The highest BCUT2D eigenvalue weighted by molar-refractivity contribution is 7.09. The van der Waals surface area contributed by atoms with Crippen LogP contribution < -0.4 is 4.74 Å². The van der Waals surface area contributed by atoms with E-state index in [-0.39, 0.29) is 5.91 Å². The molecule has 2 aromatic rings. The number of carbonyl (C=O) groups excluding carboxylic acids is 1. The van der Waals surface area contributed by atoms with Crippen LogP contribution in [0.4, 0.5) is 0 Å². The Kier molecular flexibility index (Phi) is 5.79. The van der Waals surface area contributed by atoms with E-state index in [1.54, 1.807) is 42.6 Å². The van der Waals surface area contributed by atoms with Crippen molar-refractivity contribution >= 4 is 23.2 Å². The molecule has 1 saturated carbocycles. The van der Waals surface area contributed by atoms with Gasteiger partial charge in [-0.2, -0.15) is 0 Å². The predicted molar refractivity (Wildman–Crippen MR) is 103 cm³/mol. The van der Waals surface area contributed by atoms with Crippen LogP contribution in [0.2, 0.25) is 0 Å². The molecule has 1 aliphatic carbocycles. The zero-order chi connectivity index (χ0) is 19.4. The van der Waals surface area contributed by atoms with Gasteiger partial charge in [0.2, 0.25) is 0 Å². The van der Waals surface area contributed by atoms with Crippen LogP contribution in [-0.4, -0.2) is 39.5 Å². The number of hydrogen-bond donors (Lipinski definition) is 1. The van der Waals surface area contributed by atoms with E-state index in [0.29, 0.717) is 30.8 Å². The lowest BCUT2D eigenvalue weighted by Crippen LogP contribution is -2.56. The molecule has 144 valence electrons. The summed E-state index contributed by atoms with van der Waals surface area (Å²) in [5.41, 5.74) is 0.152. The molecule has 1 aromatic heterocycles. The van der Waals surface area contributed by atoms with Crippen molar-refractivity contribution in [2.45, 2.75) is 51.2 Å². The molecule has 0 unspecified atom stereocenters. The average molecular weight is 388 g/mol. The SMILES string of the molecule is Cc1nc(COc2cccc(C(=O)N(C)C3(C(=O)O)CCCCC3)c2)cs1. The number of rotatable bonds is 6. The highest BCUT2D eigenvalue weighted by Crippen LogP contribution is 2.34. The van der Waals surface area contributed by atoms with Crippen molar-refractivity contribution in [2.24, 2.45) is 0 Å². The smallest absolute Gasteiger partial charge is 0.329 e. The molecule has 1 heterocycles. The van der Waals surface area contributed by atoms with Crippen LogP contribution in [-0.2, 0) is 11.4 Å². The average Bonchev–Trinajstić information content (AvgIpc) is 3.11. The van der Waals surface area contributed by atoms with Gasteiger partial charge in [-0.15, -0.1) is 11.3 Å². The van der Waals surface area contributed by atoms with Crippen molar-refractivity contribution in [3.05, 3.63) is 45.9 Å². The molecule has 0 bridgehead atoms. The van der Waals surface area contributed by atoms with Gasteiger partial charge in [0.25, 0.3) is 5.91 Å². The van der Waals surface area contributed by atoms with E-state index in [2.05, 4.69) is 4.98 Å². The van der Waals surface area contributed by atoms with Gasteiger partial charge in [-0.3, -0.25) is 4.79 Å². The number of likely N-dealkylation sites (N-methyl/N-ethyl adjacent to an activating group) is 1. The number of amides is 1. The third kappa shape index (κ3) is 4.13. The van der Waals surface area contributed by atoms with Gasteiger partial charge in [-0.1, -0.05) is 25.3 Å². The Labute approximate surface area is 162 Å². The van der Waals surface area contributed by atoms with Crippen LogP contribution >= 0.6 is 11.3 Å². The van der Waals surface area contributed by atoms with Crippen LogP contribution in [0.3, 0.4) is 0 Å². The van der Waals surface area contributed by atoms with E-state index < -0.39 is 11.5 Å². The molecule has 0 radical (unpaired) electrons. The van der Waals surface area contributed by atoms with Crippen molar-refractivity contribution in [1.82, 2.24) is 9.88 Å². The third-order valence-corrected chi connectivity index (χ3v) is 5.98. The number of aliphatic carboxylic acids is 1. The van der Waals surface area contributed by atoms with Crippen molar-refractivity contribution in [3.8, 4) is 5.75 Å². The van der Waals surface area contributed by atoms with Gasteiger partial charge in [0.15, 0.2) is 0 Å². The Morgan fingerprint density at radius 3 is 2.67 bits per heavy atom. The summed E-state index contributed by atoms with van der Waals surface area (Å²) in [4.78, 5) is 30.7. The quantitative estimate of drug-likeness (QED) is 0.812. The molecule has 7 heteroatoms. The molecule has 3 rings (SSSR count). The maximum absolute atomic E-state index is 13.0. The van der Waals surface area contributed by atoms with E-state index >= 15 is 0 Å². The fourth-order valence-corrected chi connectivity index (χ4v) is 4.17. The van der Waals surface area contributed by atoms with Crippen molar-refractivity contribution in [2.75, 3.05) is 7.05 Å². The Hall–Kier alpha value is -2.41. The summed E-state index contributed by atoms with van der Waals surface area (Å²) in [6.45, 7) is 2.27. The van der Waals surface area contributed by atoms with E-state index in [0.717, 1.165) is 30.0 Å². The minimum Gasteiger partial charge on any atom is -0.487 e. The molecule has 0 spiro atoms. The van der Waals surface area contributed by atoms with Crippen LogP contribution in [0, 0.1) is 6.92 Å². The number of carbonyl (C=O) groups is 2. The first kappa shape index (κ1) is 19.4. The van der Waals surface area contributed by atoms with Crippen LogP contribution in [0.1, 0.15) is 53.2 Å². The number of hydrogen-bond acceptors (Lipinski definition) is 5. The lowest BCUT2D eigenvalue weighted by molar-refractivity contribution is -0.151. The molecule has 6 nitrogen and oxygen atoms in total. The second-order valence-corrected chi connectivity index (χ2v) is 8.00. The fraction of sp³-hybridized carbons (Fsp3) is 0.450. The molecule has 1 amide bonds. The van der Waals surface area contributed by atoms with Gasteiger partial charge in [-0.25, -0.2) is 9.78 Å². The normalized spacial score (nSPS) is 15.9. The minimum absolute atomic E-state index is 0.297. The number of aromatic nitrogens is 1. The Morgan fingerprint density at radius 1 is 1.30 bits per heavy atom. The Balaban J connectivity index is 1.74. The summed E-state index contributed by atoms with van der Waals surface area (Å²) in [5, 5.41) is 12.7. The number of carboxylic acids is 1. The van der Waals surface area contributed by atoms with Crippen molar-refractivity contribution in [3.63, 3.8) is 0 Å². The minimum atomic E-state index is -1.12. The zero-order valence-electron chi connectivity index (χ0n) is 15.6. The zero-order valence-corrected chi connectivity index (χ0v) is 16.4. The van der Waals surface area contributed by atoms with Gasteiger partial charge in [0.05, 0.1) is 10.7 Å². The largest absolute Gasteiger partial charge is 0.487 e. The number of carboxylic acid groups (broad SMARTS) is 1. The van der Waals surface area contributed by atoms with Crippen molar-refractivity contribution in [1.29, 1.82) is 0 Å². The molecule has 1 fully saturated rings. The first-order valence-corrected chi connectivity index (χ1v) is 9.96. The molecule has 0 saturated heterocycles. The third-order valence-electron chi connectivity index (χ3n) is 5.16. The molecule has 1 aromatic carbocycles. The molecular weight excluding hydrogens is 364 g/mol. The topological polar surface area (TPSA) is 79.7 Å². The van der Waals surface area contributed by atoms with Gasteiger partial charge in [-0.05, 0) is 38.0 Å². The summed E-state index contributed by atoms with van der Waals surface area (Å²) in [5.74, 6) is -0.661. The second-order valence-electron chi connectivity index (χ2n) is 6.94. The Morgan fingerprint density at radius 2 is 2.04 bits per heavy atom. The highest BCUT2D eigenvalue weighted by atomic mass is 32.1. The summed E-state index contributed by atoms with van der Waals surface area (Å²) in [7, 11) is 1.59. The van der Waals surface area contributed by atoms with Crippen LogP contribution in [0.5, 0.6) is 5.75 Å². The molecule has 1 aliphatic rings. The highest BCUT2D eigenvalue weighted by Gasteiger charge is 2.45. The first-order chi connectivity index (χ1) is 12.9. The molecule has 27 heavy (non-hydrogen) atoms. The summed E-state index contributed by atoms with van der Waals surface area (Å²) < 4.78 is 5.75. The molecular formula is C20H24N2O4S. The van der Waals surface area contributed by atoms with E-state index in [4.69, 9.17) is 4.74 Å². The predicted octanol–water partition coefficient (Wildman–Crippen LogP) is 3.89. The van der Waals surface area contributed by atoms with Crippen LogP contribution in [0.15, 0.2) is 29.6 Å². The Bertz CT molecular complexity index is 827. The number of ether oxygens (including phenoxy) is 1. The van der Waals surface area contributed by atoms with Crippen molar-refractivity contribution < 1.29 is 19.4 Å². The standard InChI is InChI=1S/C20H24N2O4S/c1-14-21-16(13-27-14)12-26-17-8-6-7-15(11-17)18(23)22(2)20(19(24)25)9-4-3-5-10-20/h6-8,11,13H,3-5,9-10,12H2,1-2H3,(H,24,25). The maximum Gasteiger partial charge on any atom is 0.329 e. The first-order valence-electron chi connectivity index (χ1n) is 9.08. The van der Waals surface area contributed by atoms with Gasteiger partial charge in [0, 0.05) is 18.0 Å². The second kappa shape index (κ2) is 8.08. The maximum atomic E-state index is 13.0. The van der Waals surface area contributed by atoms with E-state index in [9.17, 15) is 14.7 Å². The number of thiazole rings is 1. The van der Waals surface area contributed by atoms with Gasteiger partial charge >= 0.3 is 5.97 Å². The van der Waals surface area contributed by atoms with E-state index in [1.807, 2.05) is 12.3 Å². The fourth-order valence-electron chi connectivity index (χ4n) is 3.57.